The second-order valence-corrected chi connectivity index (χ2v) is 4.60. The largest absolute Gasteiger partial charge is 0.312 e. The summed E-state index contributed by atoms with van der Waals surface area (Å²) in [5.41, 5.74) is 0. The summed E-state index contributed by atoms with van der Waals surface area (Å²) in [4.78, 5) is 4.32. The van der Waals surface area contributed by atoms with Crippen LogP contribution in [0, 0.1) is 13.8 Å². The molecule has 2 atom stereocenters. The lowest BCUT2D eigenvalue weighted by atomic mass is 10.2. The number of rotatable bonds is 6. The molecule has 1 aromatic rings. The monoisotopic (exact) mass is 224 g/mol. The first-order chi connectivity index (χ1) is 7.54. The summed E-state index contributed by atoms with van der Waals surface area (Å²) in [7, 11) is 0. The van der Waals surface area contributed by atoms with E-state index in [4.69, 9.17) is 0 Å². The summed E-state index contributed by atoms with van der Waals surface area (Å²) >= 11 is 0. The Morgan fingerprint density at radius 2 is 2.00 bits per heavy atom. The van der Waals surface area contributed by atoms with Gasteiger partial charge in [-0.2, -0.15) is 5.10 Å². The standard InChI is InChI=1S/C12H24N4/c1-6-7-9(2)13-8-10(3)16-12(5)14-11(4)15-16/h9-10,13H,6-8H2,1-5H3. The SMILES string of the molecule is CCCC(C)NCC(C)n1nc(C)nc1C. The topological polar surface area (TPSA) is 42.7 Å². The van der Waals surface area contributed by atoms with E-state index >= 15 is 0 Å². The maximum Gasteiger partial charge on any atom is 0.147 e. The molecule has 0 aliphatic carbocycles. The summed E-state index contributed by atoms with van der Waals surface area (Å²) in [5.74, 6) is 1.85. The fraction of sp³-hybridized carbons (Fsp3) is 0.833. The van der Waals surface area contributed by atoms with Crippen LogP contribution in [0.4, 0.5) is 0 Å². The lowest BCUT2D eigenvalue weighted by Gasteiger charge is -2.18. The molecule has 0 bridgehead atoms. The lowest BCUT2D eigenvalue weighted by molar-refractivity contribution is 0.405. The number of aryl methyl sites for hydroxylation is 2. The molecule has 0 aromatic carbocycles. The van der Waals surface area contributed by atoms with E-state index in [0.29, 0.717) is 12.1 Å². The van der Waals surface area contributed by atoms with Crippen LogP contribution in [0.1, 0.15) is 51.3 Å². The molecule has 0 amide bonds. The highest BCUT2D eigenvalue weighted by atomic mass is 15.4. The highest BCUT2D eigenvalue weighted by molar-refractivity contribution is 4.90. The van der Waals surface area contributed by atoms with E-state index in [1.54, 1.807) is 0 Å². The minimum Gasteiger partial charge on any atom is -0.312 e. The zero-order valence-electron chi connectivity index (χ0n) is 11.1. The molecule has 0 saturated carbocycles. The van der Waals surface area contributed by atoms with Crippen LogP contribution in [0.15, 0.2) is 0 Å². The van der Waals surface area contributed by atoms with Crippen LogP contribution in [0.25, 0.3) is 0 Å². The van der Waals surface area contributed by atoms with Crippen molar-refractivity contribution in [2.75, 3.05) is 6.54 Å². The van der Waals surface area contributed by atoms with Gasteiger partial charge in [0.15, 0.2) is 0 Å². The molecular formula is C12H24N4. The first-order valence-electron chi connectivity index (χ1n) is 6.17. The van der Waals surface area contributed by atoms with Crippen LogP contribution in [0.2, 0.25) is 0 Å². The zero-order valence-corrected chi connectivity index (χ0v) is 11.1. The van der Waals surface area contributed by atoms with Gasteiger partial charge in [0.05, 0.1) is 6.04 Å². The molecule has 0 radical (unpaired) electrons. The number of nitrogens with one attached hydrogen (secondary N) is 1. The van der Waals surface area contributed by atoms with E-state index in [0.717, 1.165) is 18.2 Å². The third-order valence-electron chi connectivity index (χ3n) is 2.81. The fourth-order valence-corrected chi connectivity index (χ4v) is 1.95. The van der Waals surface area contributed by atoms with Crippen LogP contribution in [-0.2, 0) is 0 Å². The second-order valence-electron chi connectivity index (χ2n) is 4.60. The summed E-state index contributed by atoms with van der Waals surface area (Å²) in [6.45, 7) is 11.5. The maximum atomic E-state index is 4.40. The average molecular weight is 224 g/mol. The summed E-state index contributed by atoms with van der Waals surface area (Å²) in [6, 6.07) is 0.942. The molecule has 0 aliphatic rings. The molecule has 0 aliphatic heterocycles. The summed E-state index contributed by atoms with van der Waals surface area (Å²) < 4.78 is 2.00. The molecule has 4 nitrogen and oxygen atoms in total. The van der Waals surface area contributed by atoms with Crippen molar-refractivity contribution in [3.63, 3.8) is 0 Å². The molecule has 2 unspecified atom stereocenters. The van der Waals surface area contributed by atoms with Gasteiger partial charge in [-0.25, -0.2) is 9.67 Å². The Bertz CT molecular complexity index is 319. The Morgan fingerprint density at radius 3 is 2.50 bits per heavy atom. The number of nitrogens with zero attached hydrogens (tertiary/aromatic N) is 3. The van der Waals surface area contributed by atoms with Gasteiger partial charge in [-0.1, -0.05) is 13.3 Å². The minimum absolute atomic E-state index is 0.362. The molecule has 4 heteroatoms. The van der Waals surface area contributed by atoms with Gasteiger partial charge in [0.25, 0.3) is 0 Å². The highest BCUT2D eigenvalue weighted by Crippen LogP contribution is 2.07. The number of hydrogen-bond donors (Lipinski definition) is 1. The van der Waals surface area contributed by atoms with E-state index in [-0.39, 0.29) is 0 Å². The predicted molar refractivity (Wildman–Crippen MR) is 66.6 cm³/mol. The van der Waals surface area contributed by atoms with Crippen molar-refractivity contribution in [1.82, 2.24) is 20.1 Å². The van der Waals surface area contributed by atoms with Crippen molar-refractivity contribution in [3.05, 3.63) is 11.6 Å². The second kappa shape index (κ2) is 5.99. The van der Waals surface area contributed by atoms with Gasteiger partial charge in [0.2, 0.25) is 0 Å². The Labute approximate surface area is 98.5 Å². The Hall–Kier alpha value is -0.900. The van der Waals surface area contributed by atoms with E-state index < -0.39 is 0 Å². The summed E-state index contributed by atoms with van der Waals surface area (Å²) in [5, 5.41) is 7.93. The van der Waals surface area contributed by atoms with Crippen LogP contribution >= 0.6 is 0 Å². The Balaban J connectivity index is 2.46. The molecule has 16 heavy (non-hydrogen) atoms. The van der Waals surface area contributed by atoms with Crippen LogP contribution < -0.4 is 5.32 Å². The number of aromatic nitrogens is 3. The molecule has 0 spiro atoms. The number of hydrogen-bond acceptors (Lipinski definition) is 3. The molecule has 1 aromatic heterocycles. The molecule has 1 rings (SSSR count). The van der Waals surface area contributed by atoms with E-state index in [9.17, 15) is 0 Å². The van der Waals surface area contributed by atoms with Gasteiger partial charge in [-0.3, -0.25) is 0 Å². The van der Waals surface area contributed by atoms with E-state index in [1.165, 1.54) is 12.8 Å². The molecule has 0 fully saturated rings. The molecule has 1 heterocycles. The fourth-order valence-electron chi connectivity index (χ4n) is 1.95. The zero-order chi connectivity index (χ0) is 12.1. The van der Waals surface area contributed by atoms with Gasteiger partial charge in [-0.05, 0) is 34.1 Å². The predicted octanol–water partition coefficient (Wildman–Crippen LogP) is 2.23. The van der Waals surface area contributed by atoms with Crippen molar-refractivity contribution in [2.45, 2.75) is 59.5 Å². The molecule has 0 saturated heterocycles. The third kappa shape index (κ3) is 3.59. The van der Waals surface area contributed by atoms with Crippen molar-refractivity contribution in [3.8, 4) is 0 Å². The quantitative estimate of drug-likeness (QED) is 0.806. The molecule has 1 N–H and O–H groups in total. The van der Waals surface area contributed by atoms with Gasteiger partial charge < -0.3 is 5.32 Å². The van der Waals surface area contributed by atoms with E-state index in [1.807, 2.05) is 18.5 Å². The van der Waals surface area contributed by atoms with Crippen molar-refractivity contribution in [1.29, 1.82) is 0 Å². The van der Waals surface area contributed by atoms with E-state index in [2.05, 4.69) is 36.2 Å². The smallest absolute Gasteiger partial charge is 0.147 e. The maximum absolute atomic E-state index is 4.40. The third-order valence-corrected chi connectivity index (χ3v) is 2.81. The first kappa shape index (κ1) is 13.2. The van der Waals surface area contributed by atoms with Crippen molar-refractivity contribution >= 4 is 0 Å². The molecular weight excluding hydrogens is 200 g/mol. The van der Waals surface area contributed by atoms with Crippen LogP contribution in [-0.4, -0.2) is 27.4 Å². The normalized spacial score (nSPS) is 15.1. The van der Waals surface area contributed by atoms with Crippen LogP contribution in [0.5, 0.6) is 0 Å². The van der Waals surface area contributed by atoms with Gasteiger partial charge >= 0.3 is 0 Å². The van der Waals surface area contributed by atoms with Crippen LogP contribution in [0.3, 0.4) is 0 Å². The Morgan fingerprint density at radius 1 is 1.31 bits per heavy atom. The summed E-state index contributed by atoms with van der Waals surface area (Å²) in [6.07, 6.45) is 2.45. The highest BCUT2D eigenvalue weighted by Gasteiger charge is 2.11. The van der Waals surface area contributed by atoms with Gasteiger partial charge in [-0.15, -0.1) is 0 Å². The first-order valence-corrected chi connectivity index (χ1v) is 6.17. The van der Waals surface area contributed by atoms with Gasteiger partial charge in [0.1, 0.15) is 11.6 Å². The minimum atomic E-state index is 0.362. The lowest BCUT2D eigenvalue weighted by Crippen LogP contribution is -2.32. The average Bonchev–Trinajstić information content (AvgIpc) is 2.55. The van der Waals surface area contributed by atoms with Crippen molar-refractivity contribution in [2.24, 2.45) is 0 Å². The Kier molecular flexibility index (Phi) is 4.93. The van der Waals surface area contributed by atoms with Crippen molar-refractivity contribution < 1.29 is 0 Å². The van der Waals surface area contributed by atoms with Gasteiger partial charge in [0, 0.05) is 12.6 Å². The molecule has 92 valence electrons.